The van der Waals surface area contributed by atoms with Gasteiger partial charge in [-0.3, -0.25) is 4.79 Å². The molecular formula is C19H26N2O3. The highest BCUT2D eigenvalue weighted by Crippen LogP contribution is 2.25. The van der Waals surface area contributed by atoms with Gasteiger partial charge in [0.2, 0.25) is 0 Å². The van der Waals surface area contributed by atoms with E-state index in [0.717, 1.165) is 19.3 Å². The third-order valence-corrected chi connectivity index (χ3v) is 5.07. The lowest BCUT2D eigenvalue weighted by Crippen LogP contribution is -2.45. The fourth-order valence-electron chi connectivity index (χ4n) is 3.61. The first-order valence-electron chi connectivity index (χ1n) is 8.78. The number of fused-ring (bicyclic) bond motifs is 1. The summed E-state index contributed by atoms with van der Waals surface area (Å²) in [6, 6.07) is 8.41. The van der Waals surface area contributed by atoms with E-state index in [0.29, 0.717) is 25.9 Å². The van der Waals surface area contributed by atoms with Crippen LogP contribution < -0.4 is 0 Å². The van der Waals surface area contributed by atoms with Gasteiger partial charge in [-0.25, -0.2) is 4.79 Å². The second-order valence-corrected chi connectivity index (χ2v) is 7.01. The molecule has 1 fully saturated rings. The molecule has 1 aromatic carbocycles. The molecule has 1 atom stereocenters. The zero-order chi connectivity index (χ0) is 17.1. The van der Waals surface area contributed by atoms with Crippen LogP contribution in [0.4, 0.5) is 4.79 Å². The number of amides is 2. The molecular weight excluding hydrogens is 304 g/mol. The number of likely N-dealkylation sites (tertiary alicyclic amines) is 1. The Kier molecular flexibility index (Phi) is 5.07. The Morgan fingerprint density at radius 2 is 1.75 bits per heavy atom. The number of carbonyl (C=O) groups is 2. The summed E-state index contributed by atoms with van der Waals surface area (Å²) in [6.07, 6.45) is 4.09. The van der Waals surface area contributed by atoms with Crippen molar-refractivity contribution in [1.29, 1.82) is 0 Å². The van der Waals surface area contributed by atoms with Crippen LogP contribution in [0, 0.1) is 5.92 Å². The van der Waals surface area contributed by atoms with E-state index in [1.807, 2.05) is 6.07 Å². The highest BCUT2D eigenvalue weighted by molar-refractivity contribution is 5.75. The van der Waals surface area contributed by atoms with E-state index in [1.54, 1.807) is 23.9 Å². The summed E-state index contributed by atoms with van der Waals surface area (Å²) < 4.78 is 5.78. The number of benzene rings is 1. The van der Waals surface area contributed by atoms with Crippen LogP contribution in [0.25, 0.3) is 0 Å². The van der Waals surface area contributed by atoms with Crippen LogP contribution in [0.15, 0.2) is 24.3 Å². The van der Waals surface area contributed by atoms with Crippen LogP contribution in [-0.2, 0) is 22.4 Å². The Labute approximate surface area is 143 Å². The molecule has 1 aromatic rings. The zero-order valence-corrected chi connectivity index (χ0v) is 14.5. The molecule has 24 heavy (non-hydrogen) atoms. The molecule has 5 nitrogen and oxygen atoms in total. The van der Waals surface area contributed by atoms with Gasteiger partial charge in [-0.15, -0.1) is 0 Å². The molecule has 2 amide bonds. The van der Waals surface area contributed by atoms with Crippen LogP contribution in [0.3, 0.4) is 0 Å². The number of esters is 1. The molecule has 1 heterocycles. The number of carbonyl (C=O) groups excluding carboxylic acids is 2. The van der Waals surface area contributed by atoms with Crippen molar-refractivity contribution >= 4 is 12.0 Å². The normalized spacial score (nSPS) is 21.1. The van der Waals surface area contributed by atoms with Crippen molar-refractivity contribution in [2.45, 2.75) is 38.2 Å². The van der Waals surface area contributed by atoms with Crippen LogP contribution in [-0.4, -0.2) is 55.1 Å². The fourth-order valence-corrected chi connectivity index (χ4v) is 3.61. The molecule has 2 aliphatic rings. The number of hydrogen-bond donors (Lipinski definition) is 0. The van der Waals surface area contributed by atoms with Crippen molar-refractivity contribution in [2.24, 2.45) is 5.92 Å². The predicted molar refractivity (Wildman–Crippen MR) is 91.7 cm³/mol. The lowest BCUT2D eigenvalue weighted by Gasteiger charge is -2.33. The maximum atomic E-state index is 12.5. The molecule has 130 valence electrons. The van der Waals surface area contributed by atoms with Gasteiger partial charge >= 0.3 is 12.0 Å². The lowest BCUT2D eigenvalue weighted by atomic mass is 9.89. The van der Waals surface area contributed by atoms with E-state index in [1.165, 1.54) is 11.1 Å². The predicted octanol–water partition coefficient (Wildman–Crippen LogP) is 2.48. The molecule has 1 saturated heterocycles. The number of hydrogen-bond acceptors (Lipinski definition) is 3. The van der Waals surface area contributed by atoms with Gasteiger partial charge in [0.1, 0.15) is 6.10 Å². The second-order valence-electron chi connectivity index (χ2n) is 7.01. The van der Waals surface area contributed by atoms with Gasteiger partial charge in [-0.05, 0) is 36.8 Å². The maximum absolute atomic E-state index is 12.5. The average molecular weight is 330 g/mol. The summed E-state index contributed by atoms with van der Waals surface area (Å²) in [7, 11) is 3.51. The molecule has 0 saturated carbocycles. The first-order chi connectivity index (χ1) is 11.5. The molecule has 0 radical (unpaired) electrons. The second kappa shape index (κ2) is 7.24. The topological polar surface area (TPSA) is 49.9 Å². The van der Waals surface area contributed by atoms with Crippen LogP contribution >= 0.6 is 0 Å². The Balaban J connectivity index is 1.49. The monoisotopic (exact) mass is 330 g/mol. The lowest BCUT2D eigenvalue weighted by molar-refractivity contribution is -0.156. The number of urea groups is 1. The van der Waals surface area contributed by atoms with E-state index in [2.05, 4.69) is 18.2 Å². The van der Waals surface area contributed by atoms with Crippen molar-refractivity contribution in [1.82, 2.24) is 9.80 Å². The van der Waals surface area contributed by atoms with Gasteiger partial charge < -0.3 is 14.5 Å². The first-order valence-corrected chi connectivity index (χ1v) is 8.78. The van der Waals surface area contributed by atoms with Gasteiger partial charge in [0.15, 0.2) is 0 Å². The van der Waals surface area contributed by atoms with E-state index < -0.39 is 0 Å². The Bertz CT molecular complexity index is 606. The SMILES string of the molecule is CN(C)C(=O)N1CCC(C(=O)O[C@H]2CCc3ccccc3C2)CC1. The summed E-state index contributed by atoms with van der Waals surface area (Å²) in [5.41, 5.74) is 2.67. The van der Waals surface area contributed by atoms with Crippen molar-refractivity contribution in [3.05, 3.63) is 35.4 Å². The summed E-state index contributed by atoms with van der Waals surface area (Å²) in [4.78, 5) is 27.8. The zero-order valence-electron chi connectivity index (χ0n) is 14.5. The largest absolute Gasteiger partial charge is 0.462 e. The number of aryl methyl sites for hydroxylation is 1. The summed E-state index contributed by atoms with van der Waals surface area (Å²) >= 11 is 0. The molecule has 0 bridgehead atoms. The van der Waals surface area contributed by atoms with E-state index >= 15 is 0 Å². The summed E-state index contributed by atoms with van der Waals surface area (Å²) in [5.74, 6) is -0.162. The Morgan fingerprint density at radius 3 is 2.42 bits per heavy atom. The quantitative estimate of drug-likeness (QED) is 0.783. The van der Waals surface area contributed by atoms with Crippen molar-refractivity contribution in [2.75, 3.05) is 27.2 Å². The average Bonchev–Trinajstić information content (AvgIpc) is 2.61. The number of nitrogens with zero attached hydrogens (tertiary/aromatic N) is 2. The molecule has 0 N–H and O–H groups in total. The minimum absolute atomic E-state index is 0.00571. The van der Waals surface area contributed by atoms with Crippen LogP contribution in [0.1, 0.15) is 30.4 Å². The molecule has 1 aliphatic carbocycles. The van der Waals surface area contributed by atoms with Crippen molar-refractivity contribution in [3.63, 3.8) is 0 Å². The highest BCUT2D eigenvalue weighted by atomic mass is 16.5. The standard InChI is InChI=1S/C19H26N2O3/c1-20(2)19(23)21-11-9-15(10-12-21)18(22)24-17-8-7-14-5-3-4-6-16(14)13-17/h3-6,15,17H,7-13H2,1-2H3/t17-/m0/s1. The Hall–Kier alpha value is -2.04. The van der Waals surface area contributed by atoms with Gasteiger partial charge in [0, 0.05) is 33.6 Å². The first kappa shape index (κ1) is 16.8. The smallest absolute Gasteiger partial charge is 0.319 e. The van der Waals surface area contributed by atoms with E-state index in [9.17, 15) is 9.59 Å². The van der Waals surface area contributed by atoms with Gasteiger partial charge in [0.25, 0.3) is 0 Å². The molecule has 0 unspecified atom stereocenters. The number of piperidine rings is 1. The number of rotatable bonds is 2. The van der Waals surface area contributed by atoms with Gasteiger partial charge in [-0.1, -0.05) is 24.3 Å². The van der Waals surface area contributed by atoms with Crippen molar-refractivity contribution in [3.8, 4) is 0 Å². The molecule has 0 aromatic heterocycles. The fraction of sp³-hybridized carbons (Fsp3) is 0.579. The van der Waals surface area contributed by atoms with Crippen LogP contribution in [0.2, 0.25) is 0 Å². The summed E-state index contributed by atoms with van der Waals surface area (Å²) in [6.45, 7) is 1.26. The summed E-state index contributed by atoms with van der Waals surface area (Å²) in [5, 5.41) is 0. The van der Waals surface area contributed by atoms with Gasteiger partial charge in [-0.2, -0.15) is 0 Å². The van der Waals surface area contributed by atoms with Crippen molar-refractivity contribution < 1.29 is 14.3 Å². The maximum Gasteiger partial charge on any atom is 0.319 e. The number of ether oxygens (including phenoxy) is 1. The third kappa shape index (κ3) is 3.71. The van der Waals surface area contributed by atoms with Crippen LogP contribution in [0.5, 0.6) is 0 Å². The molecule has 1 aliphatic heterocycles. The van der Waals surface area contributed by atoms with E-state index in [4.69, 9.17) is 4.74 Å². The molecule has 5 heteroatoms. The van der Waals surface area contributed by atoms with E-state index in [-0.39, 0.29) is 24.0 Å². The third-order valence-electron chi connectivity index (χ3n) is 5.07. The molecule has 3 rings (SSSR count). The minimum atomic E-state index is -0.0867. The van der Waals surface area contributed by atoms with Gasteiger partial charge in [0.05, 0.1) is 5.92 Å². The highest BCUT2D eigenvalue weighted by Gasteiger charge is 2.31. The Morgan fingerprint density at radius 1 is 1.08 bits per heavy atom. The minimum Gasteiger partial charge on any atom is -0.462 e. The molecule has 0 spiro atoms.